The summed E-state index contributed by atoms with van der Waals surface area (Å²) in [6.07, 6.45) is 21.2. The molecule has 13 nitrogen and oxygen atoms in total. The zero-order chi connectivity index (χ0) is 39.3. The Morgan fingerprint density at radius 2 is 1.28 bits per heavy atom. The third-order valence-electron chi connectivity index (χ3n) is 9.25. The third kappa shape index (κ3) is 23.7. The van der Waals surface area contributed by atoms with Crippen molar-refractivity contribution < 1.29 is 57.0 Å². The number of aliphatic hydroxyl groups excluding tert-OH is 5. The van der Waals surface area contributed by atoms with E-state index in [0.717, 1.165) is 57.8 Å². The first-order valence-electron chi connectivity index (χ1n) is 20.0. The monoisotopic (exact) mass is 777 g/mol. The molecule has 0 aromatic rings. The molecule has 1 amide bonds. The van der Waals surface area contributed by atoms with Crippen molar-refractivity contribution in [1.82, 2.24) is 5.32 Å². The highest BCUT2D eigenvalue weighted by molar-refractivity contribution is 7.80. The lowest BCUT2D eigenvalue weighted by molar-refractivity contribution is -0.298. The number of allylic oxidation sites excluding steroid dienone is 5. The molecule has 1 rings (SSSR count). The molecule has 0 aliphatic carbocycles. The summed E-state index contributed by atoms with van der Waals surface area (Å²) in [4.78, 5) is 13.0. The first-order chi connectivity index (χ1) is 25.4. The van der Waals surface area contributed by atoms with E-state index in [9.17, 15) is 38.7 Å². The second-order valence-electron chi connectivity index (χ2n) is 14.0. The second kappa shape index (κ2) is 30.5. The van der Waals surface area contributed by atoms with Crippen molar-refractivity contribution in [2.45, 2.75) is 191 Å². The number of aliphatic hydroxyl groups is 5. The lowest BCUT2D eigenvalue weighted by atomic mass is 9.99. The Bertz CT molecular complexity index is 1120. The highest BCUT2D eigenvalue weighted by Gasteiger charge is 2.48. The molecule has 0 bridgehead atoms. The van der Waals surface area contributed by atoms with Gasteiger partial charge in [0.15, 0.2) is 6.29 Å². The largest absolute Gasteiger partial charge is 0.397 e. The quantitative estimate of drug-likeness (QED) is 0.0262. The molecule has 1 saturated heterocycles. The summed E-state index contributed by atoms with van der Waals surface area (Å²) in [5.41, 5.74) is 0. The zero-order valence-electron chi connectivity index (χ0n) is 32.2. The minimum absolute atomic E-state index is 0.214. The molecule has 0 radical (unpaired) electrons. The summed E-state index contributed by atoms with van der Waals surface area (Å²) >= 11 is 0. The molecule has 1 fully saturated rings. The number of hydrogen-bond acceptors (Lipinski definition) is 11. The molecule has 14 heteroatoms. The van der Waals surface area contributed by atoms with E-state index in [1.165, 1.54) is 57.4 Å². The lowest BCUT2D eigenvalue weighted by Gasteiger charge is -2.41. The van der Waals surface area contributed by atoms with Crippen LogP contribution in [0.1, 0.15) is 142 Å². The van der Waals surface area contributed by atoms with Crippen LogP contribution in [0, 0.1) is 0 Å². The topological polar surface area (TPSA) is 212 Å². The van der Waals surface area contributed by atoms with E-state index < -0.39 is 78.5 Å². The van der Waals surface area contributed by atoms with Crippen LogP contribution in [-0.2, 0) is 28.9 Å². The van der Waals surface area contributed by atoms with Gasteiger partial charge in [0, 0.05) is 0 Å². The van der Waals surface area contributed by atoms with Crippen molar-refractivity contribution in [3.05, 3.63) is 36.5 Å². The van der Waals surface area contributed by atoms with Crippen molar-refractivity contribution in [1.29, 1.82) is 0 Å². The van der Waals surface area contributed by atoms with Gasteiger partial charge >= 0.3 is 10.4 Å². The first kappa shape index (κ1) is 49.3. The molecular formula is C39H71NO12S. The molecule has 7 N–H and O–H groups in total. The molecule has 1 aliphatic heterocycles. The molecule has 1 heterocycles. The summed E-state index contributed by atoms with van der Waals surface area (Å²) < 4.78 is 47.2. The number of rotatable bonds is 32. The van der Waals surface area contributed by atoms with Crippen molar-refractivity contribution in [2.24, 2.45) is 0 Å². The number of carbonyl (C=O) groups is 1. The van der Waals surface area contributed by atoms with Gasteiger partial charge < -0.3 is 40.3 Å². The standard InChI is InChI=1S/C39H71NO12S/c1-3-5-7-9-11-13-14-15-16-17-18-20-21-23-25-27-32(42)31(40-38(46)33(43)28-26-24-22-19-12-10-8-6-4-2)30-50-39-36(45)37(52-53(47,48)49)35(44)34(29-41)51-39/h10,12,18,20,25,27,31-37,39,41-45H,3-9,11,13-17,19,21-24,26,28-30H2,1-2H3,(H,40,46)(H,47,48,49)/b12-10-,20-18+,27-25+. The van der Waals surface area contributed by atoms with Crippen LogP contribution in [0.3, 0.4) is 0 Å². The maximum atomic E-state index is 13.0. The molecule has 53 heavy (non-hydrogen) atoms. The number of ether oxygens (including phenoxy) is 2. The Morgan fingerprint density at radius 3 is 1.87 bits per heavy atom. The molecular weight excluding hydrogens is 706 g/mol. The average molecular weight is 778 g/mol. The van der Waals surface area contributed by atoms with Crippen molar-refractivity contribution in [2.75, 3.05) is 13.2 Å². The molecule has 0 saturated carbocycles. The first-order valence-corrected chi connectivity index (χ1v) is 21.3. The van der Waals surface area contributed by atoms with Crippen LogP contribution in [0.5, 0.6) is 0 Å². The van der Waals surface area contributed by atoms with Gasteiger partial charge in [0.25, 0.3) is 0 Å². The summed E-state index contributed by atoms with van der Waals surface area (Å²) in [5, 5.41) is 54.8. The molecule has 8 unspecified atom stereocenters. The van der Waals surface area contributed by atoms with Gasteiger partial charge in [-0.05, 0) is 51.4 Å². The zero-order valence-corrected chi connectivity index (χ0v) is 33.0. The summed E-state index contributed by atoms with van der Waals surface area (Å²) in [7, 11) is -5.12. The van der Waals surface area contributed by atoms with Crippen molar-refractivity contribution in [3.63, 3.8) is 0 Å². The Labute approximate surface area is 318 Å². The maximum Gasteiger partial charge on any atom is 0.397 e. The van der Waals surface area contributed by atoms with Crippen LogP contribution in [0.25, 0.3) is 0 Å². The van der Waals surface area contributed by atoms with E-state index in [2.05, 4.69) is 47.7 Å². The van der Waals surface area contributed by atoms with Gasteiger partial charge in [-0.15, -0.1) is 0 Å². The third-order valence-corrected chi connectivity index (χ3v) is 9.72. The molecule has 0 aromatic carbocycles. The molecule has 8 atom stereocenters. The second-order valence-corrected chi connectivity index (χ2v) is 15.0. The van der Waals surface area contributed by atoms with Crippen molar-refractivity contribution >= 4 is 16.3 Å². The highest BCUT2D eigenvalue weighted by Crippen LogP contribution is 2.26. The normalized spacial score (nSPS) is 22.9. The number of unbranched alkanes of at least 4 members (excludes halogenated alkanes) is 15. The fourth-order valence-electron chi connectivity index (χ4n) is 5.98. The van der Waals surface area contributed by atoms with Gasteiger partial charge in [-0.25, -0.2) is 4.18 Å². The molecule has 0 aromatic heterocycles. The fourth-order valence-corrected chi connectivity index (χ4v) is 6.49. The number of amides is 1. The van der Waals surface area contributed by atoms with Gasteiger partial charge in [-0.2, -0.15) is 8.42 Å². The molecule has 1 aliphatic rings. The van der Waals surface area contributed by atoms with Gasteiger partial charge in [0.2, 0.25) is 5.91 Å². The predicted octanol–water partition coefficient (Wildman–Crippen LogP) is 5.35. The van der Waals surface area contributed by atoms with Crippen LogP contribution >= 0.6 is 0 Å². The van der Waals surface area contributed by atoms with E-state index in [0.29, 0.717) is 12.8 Å². The van der Waals surface area contributed by atoms with Gasteiger partial charge in [-0.1, -0.05) is 127 Å². The predicted molar refractivity (Wildman–Crippen MR) is 205 cm³/mol. The summed E-state index contributed by atoms with van der Waals surface area (Å²) in [6.45, 7) is 3.09. The van der Waals surface area contributed by atoms with E-state index >= 15 is 0 Å². The minimum Gasteiger partial charge on any atom is -0.394 e. The van der Waals surface area contributed by atoms with Crippen molar-refractivity contribution in [3.8, 4) is 0 Å². The van der Waals surface area contributed by atoms with E-state index in [-0.39, 0.29) is 6.42 Å². The van der Waals surface area contributed by atoms with Crippen LogP contribution < -0.4 is 5.32 Å². The Morgan fingerprint density at radius 1 is 0.755 bits per heavy atom. The Kier molecular flexibility index (Phi) is 28.4. The summed E-state index contributed by atoms with van der Waals surface area (Å²) in [5.74, 6) is -0.730. The smallest absolute Gasteiger partial charge is 0.394 e. The Hall–Kier alpha value is -1.72. The van der Waals surface area contributed by atoms with Gasteiger partial charge in [0.05, 0.1) is 25.4 Å². The number of nitrogens with one attached hydrogen (secondary N) is 1. The van der Waals surface area contributed by atoms with E-state index in [1.807, 2.05) is 0 Å². The van der Waals surface area contributed by atoms with Crippen LogP contribution in [0.2, 0.25) is 0 Å². The SMILES string of the molecule is CCCC/C=C\CCCCCC(O)C(=O)NC(COC1OC(CO)C(O)C(OS(=O)(=O)O)C1O)C(O)/C=C/CC/C=C/CCCCCCCCCCC. The Balaban J connectivity index is 2.73. The van der Waals surface area contributed by atoms with Crippen LogP contribution in [0.4, 0.5) is 0 Å². The van der Waals surface area contributed by atoms with E-state index in [1.54, 1.807) is 6.08 Å². The molecule has 0 spiro atoms. The van der Waals surface area contributed by atoms with E-state index in [4.69, 9.17) is 14.0 Å². The highest BCUT2D eigenvalue weighted by atomic mass is 32.3. The van der Waals surface area contributed by atoms with Crippen LogP contribution in [-0.4, -0.2) is 107 Å². The maximum absolute atomic E-state index is 13.0. The van der Waals surface area contributed by atoms with Gasteiger partial charge in [-0.3, -0.25) is 9.35 Å². The fraction of sp³-hybridized carbons (Fsp3) is 0.821. The molecule has 310 valence electrons. The van der Waals surface area contributed by atoms with Gasteiger partial charge in [0.1, 0.15) is 30.5 Å². The number of carbonyl (C=O) groups excluding carboxylic acids is 1. The minimum atomic E-state index is -5.12. The summed E-state index contributed by atoms with van der Waals surface area (Å²) in [6, 6.07) is -1.14. The average Bonchev–Trinajstić information content (AvgIpc) is 3.12. The van der Waals surface area contributed by atoms with Crippen LogP contribution in [0.15, 0.2) is 36.5 Å². The number of hydrogen-bond donors (Lipinski definition) is 7. The lowest BCUT2D eigenvalue weighted by Crippen LogP contribution is -2.61.